The third kappa shape index (κ3) is 2.80. The molecule has 1 aromatic heterocycles. The summed E-state index contributed by atoms with van der Waals surface area (Å²) < 4.78 is 5.95. The van der Waals surface area contributed by atoms with Gasteiger partial charge in [-0.1, -0.05) is 19.1 Å². The molecule has 0 aliphatic rings. The fraction of sp³-hybridized carbons (Fsp3) is 0.267. The third-order valence-corrected chi connectivity index (χ3v) is 2.82. The Balaban J connectivity index is 2.21. The summed E-state index contributed by atoms with van der Waals surface area (Å²) in [4.78, 5) is 4.33. The number of hydrogen-bond donors (Lipinski definition) is 1. The Morgan fingerprint density at radius 1 is 1.28 bits per heavy atom. The first-order valence-electron chi connectivity index (χ1n) is 6.14. The van der Waals surface area contributed by atoms with Crippen molar-refractivity contribution in [2.24, 2.45) is 0 Å². The second kappa shape index (κ2) is 5.54. The lowest BCUT2D eigenvalue weighted by molar-refractivity contribution is 0.197. The average Bonchev–Trinajstić information content (AvgIpc) is 2.39. The van der Waals surface area contributed by atoms with Crippen LogP contribution in [-0.4, -0.2) is 4.98 Å². The van der Waals surface area contributed by atoms with Crippen LogP contribution in [0.1, 0.15) is 30.7 Å². The molecule has 0 bridgehead atoms. The molecule has 0 saturated carbocycles. The summed E-state index contributed by atoms with van der Waals surface area (Å²) in [5.74, 6) is 0.720. The standard InChI is InChI=1S/C15H18N2O/c1-3-14(13-6-4-5-9-17-13)18-15-8-7-11(2)10-12(15)16/h4-10,14H,3,16H2,1-2H3. The molecule has 2 rings (SSSR count). The van der Waals surface area contributed by atoms with Gasteiger partial charge in [-0.3, -0.25) is 4.98 Å². The van der Waals surface area contributed by atoms with Crippen LogP contribution in [0.4, 0.5) is 5.69 Å². The number of aryl methyl sites for hydroxylation is 1. The average molecular weight is 242 g/mol. The van der Waals surface area contributed by atoms with Gasteiger partial charge in [0.25, 0.3) is 0 Å². The Bertz CT molecular complexity index is 511. The summed E-state index contributed by atoms with van der Waals surface area (Å²) >= 11 is 0. The summed E-state index contributed by atoms with van der Waals surface area (Å²) in [6.07, 6.45) is 2.57. The first kappa shape index (κ1) is 12.4. The fourth-order valence-corrected chi connectivity index (χ4v) is 1.85. The van der Waals surface area contributed by atoms with Crippen LogP contribution in [0, 0.1) is 6.92 Å². The molecule has 3 heteroatoms. The number of nitrogens with two attached hydrogens (primary N) is 1. The molecule has 1 atom stereocenters. The van der Waals surface area contributed by atoms with Gasteiger partial charge in [0.2, 0.25) is 0 Å². The zero-order valence-corrected chi connectivity index (χ0v) is 10.8. The fourth-order valence-electron chi connectivity index (χ4n) is 1.85. The molecule has 0 amide bonds. The zero-order chi connectivity index (χ0) is 13.0. The molecular formula is C15H18N2O. The molecule has 2 aromatic rings. The van der Waals surface area contributed by atoms with E-state index in [0.29, 0.717) is 5.69 Å². The number of pyridine rings is 1. The SMILES string of the molecule is CCC(Oc1ccc(C)cc1N)c1ccccn1. The van der Waals surface area contributed by atoms with Crippen molar-refractivity contribution in [3.8, 4) is 5.75 Å². The largest absolute Gasteiger partial charge is 0.482 e. The molecule has 18 heavy (non-hydrogen) atoms. The highest BCUT2D eigenvalue weighted by molar-refractivity contribution is 5.54. The second-order valence-electron chi connectivity index (χ2n) is 4.31. The third-order valence-electron chi connectivity index (χ3n) is 2.82. The Kier molecular flexibility index (Phi) is 3.82. The lowest BCUT2D eigenvalue weighted by Crippen LogP contribution is -2.09. The molecule has 1 heterocycles. The molecular weight excluding hydrogens is 224 g/mol. The van der Waals surface area contributed by atoms with Crippen molar-refractivity contribution in [1.82, 2.24) is 4.98 Å². The van der Waals surface area contributed by atoms with Crippen LogP contribution in [0.25, 0.3) is 0 Å². The van der Waals surface area contributed by atoms with E-state index in [1.54, 1.807) is 6.20 Å². The first-order chi connectivity index (χ1) is 8.70. The van der Waals surface area contributed by atoms with Crippen LogP contribution in [0.3, 0.4) is 0 Å². The monoisotopic (exact) mass is 242 g/mol. The van der Waals surface area contributed by atoms with Gasteiger partial charge in [0.1, 0.15) is 11.9 Å². The van der Waals surface area contributed by atoms with Gasteiger partial charge in [0.15, 0.2) is 0 Å². The summed E-state index contributed by atoms with van der Waals surface area (Å²) in [6, 6.07) is 11.7. The first-order valence-corrected chi connectivity index (χ1v) is 6.14. The number of aromatic nitrogens is 1. The van der Waals surface area contributed by atoms with Gasteiger partial charge < -0.3 is 10.5 Å². The van der Waals surface area contributed by atoms with Gasteiger partial charge in [-0.15, -0.1) is 0 Å². The number of anilines is 1. The van der Waals surface area contributed by atoms with Gasteiger partial charge in [-0.2, -0.15) is 0 Å². The Hall–Kier alpha value is -2.03. The summed E-state index contributed by atoms with van der Waals surface area (Å²) in [7, 11) is 0. The van der Waals surface area contributed by atoms with Crippen LogP contribution >= 0.6 is 0 Å². The van der Waals surface area contributed by atoms with E-state index in [0.717, 1.165) is 23.4 Å². The quantitative estimate of drug-likeness (QED) is 0.835. The van der Waals surface area contributed by atoms with Crippen molar-refractivity contribution in [2.75, 3.05) is 5.73 Å². The number of nitrogens with zero attached hydrogens (tertiary/aromatic N) is 1. The molecule has 94 valence electrons. The van der Waals surface area contributed by atoms with Crippen LogP contribution in [-0.2, 0) is 0 Å². The van der Waals surface area contributed by atoms with Crippen molar-refractivity contribution >= 4 is 5.69 Å². The molecule has 1 aromatic carbocycles. The molecule has 0 aliphatic heterocycles. The second-order valence-corrected chi connectivity index (χ2v) is 4.31. The van der Waals surface area contributed by atoms with E-state index in [2.05, 4.69) is 11.9 Å². The smallest absolute Gasteiger partial charge is 0.143 e. The van der Waals surface area contributed by atoms with E-state index in [1.807, 2.05) is 43.3 Å². The van der Waals surface area contributed by atoms with Crippen LogP contribution in [0.5, 0.6) is 5.75 Å². The molecule has 2 N–H and O–H groups in total. The number of ether oxygens (including phenoxy) is 1. The summed E-state index contributed by atoms with van der Waals surface area (Å²) in [5.41, 5.74) is 8.69. The maximum absolute atomic E-state index is 5.96. The number of hydrogen-bond acceptors (Lipinski definition) is 3. The summed E-state index contributed by atoms with van der Waals surface area (Å²) in [5, 5.41) is 0. The molecule has 1 unspecified atom stereocenters. The number of rotatable bonds is 4. The maximum atomic E-state index is 5.96. The van der Waals surface area contributed by atoms with Gasteiger partial charge in [0, 0.05) is 6.20 Å². The van der Waals surface area contributed by atoms with E-state index in [1.165, 1.54) is 0 Å². The van der Waals surface area contributed by atoms with Gasteiger partial charge >= 0.3 is 0 Å². The van der Waals surface area contributed by atoms with E-state index >= 15 is 0 Å². The van der Waals surface area contributed by atoms with Crippen molar-refractivity contribution in [2.45, 2.75) is 26.4 Å². The van der Waals surface area contributed by atoms with E-state index in [4.69, 9.17) is 10.5 Å². The molecule has 0 radical (unpaired) electrons. The number of benzene rings is 1. The van der Waals surface area contributed by atoms with Gasteiger partial charge in [-0.05, 0) is 43.2 Å². The van der Waals surface area contributed by atoms with Crippen molar-refractivity contribution < 1.29 is 4.74 Å². The Labute approximate surface area is 108 Å². The predicted octanol–water partition coefficient (Wildman–Crippen LogP) is 3.50. The molecule has 0 fully saturated rings. The van der Waals surface area contributed by atoms with Crippen LogP contribution in [0.15, 0.2) is 42.6 Å². The minimum Gasteiger partial charge on any atom is -0.482 e. The highest BCUT2D eigenvalue weighted by Crippen LogP contribution is 2.28. The van der Waals surface area contributed by atoms with Gasteiger partial charge in [0.05, 0.1) is 11.4 Å². The van der Waals surface area contributed by atoms with Crippen LogP contribution in [0.2, 0.25) is 0 Å². The minimum atomic E-state index is -0.0591. The van der Waals surface area contributed by atoms with Crippen molar-refractivity contribution in [3.05, 3.63) is 53.9 Å². The van der Waals surface area contributed by atoms with Crippen molar-refractivity contribution in [3.63, 3.8) is 0 Å². The zero-order valence-electron chi connectivity index (χ0n) is 10.8. The Morgan fingerprint density at radius 3 is 2.72 bits per heavy atom. The Morgan fingerprint density at radius 2 is 2.11 bits per heavy atom. The minimum absolute atomic E-state index is 0.0591. The van der Waals surface area contributed by atoms with E-state index in [9.17, 15) is 0 Å². The highest BCUT2D eigenvalue weighted by atomic mass is 16.5. The lowest BCUT2D eigenvalue weighted by Gasteiger charge is -2.18. The van der Waals surface area contributed by atoms with E-state index in [-0.39, 0.29) is 6.10 Å². The molecule has 3 nitrogen and oxygen atoms in total. The highest BCUT2D eigenvalue weighted by Gasteiger charge is 2.13. The van der Waals surface area contributed by atoms with Crippen molar-refractivity contribution in [1.29, 1.82) is 0 Å². The molecule has 0 saturated heterocycles. The van der Waals surface area contributed by atoms with Crippen LogP contribution < -0.4 is 10.5 Å². The molecule has 0 aliphatic carbocycles. The van der Waals surface area contributed by atoms with Gasteiger partial charge in [-0.25, -0.2) is 0 Å². The lowest BCUT2D eigenvalue weighted by atomic mass is 10.1. The summed E-state index contributed by atoms with van der Waals surface area (Å²) in [6.45, 7) is 4.08. The topological polar surface area (TPSA) is 48.1 Å². The van der Waals surface area contributed by atoms with E-state index < -0.39 is 0 Å². The maximum Gasteiger partial charge on any atom is 0.143 e. The number of nitrogen functional groups attached to an aromatic ring is 1. The normalized spacial score (nSPS) is 12.1. The predicted molar refractivity (Wildman–Crippen MR) is 73.5 cm³/mol. The molecule has 0 spiro atoms.